The third kappa shape index (κ3) is 3.35. The summed E-state index contributed by atoms with van der Waals surface area (Å²) in [4.78, 5) is 0. The van der Waals surface area contributed by atoms with Crippen molar-refractivity contribution in [2.24, 2.45) is 0 Å². The van der Waals surface area contributed by atoms with Crippen LogP contribution in [0.4, 0.5) is 0 Å². The molecule has 78 valence electrons. The molecule has 0 aliphatic heterocycles. The fraction of sp³-hybridized carbons (Fsp3) is 0.333. The zero-order valence-electron chi connectivity index (χ0n) is 7.97. The molecule has 0 aromatic heterocycles. The van der Waals surface area contributed by atoms with E-state index < -0.39 is 16.2 Å². The molecular formula is C9H12O4S. The Kier molecular flexibility index (Phi) is 3.13. The maximum absolute atomic E-state index is 10.8. The molecule has 5 heteroatoms. The fourth-order valence-electron chi connectivity index (χ4n) is 1.00. The maximum atomic E-state index is 10.8. The highest BCUT2D eigenvalue weighted by Crippen LogP contribution is 2.19. The molecule has 0 spiro atoms. The summed E-state index contributed by atoms with van der Waals surface area (Å²) in [6.45, 7) is 1.60. The first-order chi connectivity index (χ1) is 6.38. The predicted octanol–water partition coefficient (Wildman–Crippen LogP) is 1.08. The van der Waals surface area contributed by atoms with Crippen LogP contribution in [0.3, 0.4) is 0 Å². The highest BCUT2D eigenvalue weighted by molar-refractivity contribution is 7.86. The average Bonchev–Trinajstić information content (AvgIpc) is 2.01. The van der Waals surface area contributed by atoms with Crippen molar-refractivity contribution < 1.29 is 17.7 Å². The smallest absolute Gasteiger partial charge is 0.306 e. The second kappa shape index (κ2) is 3.98. The molecule has 1 N–H and O–H groups in total. The van der Waals surface area contributed by atoms with Crippen LogP contribution in [0, 0.1) is 0 Å². The van der Waals surface area contributed by atoms with Gasteiger partial charge in [-0.3, -0.25) is 0 Å². The average molecular weight is 216 g/mol. The van der Waals surface area contributed by atoms with Crippen LogP contribution in [0.1, 0.15) is 18.6 Å². The normalized spacial score (nSPS) is 13.6. The first kappa shape index (κ1) is 11.0. The summed E-state index contributed by atoms with van der Waals surface area (Å²) in [6.07, 6.45) is 0.334. The van der Waals surface area contributed by atoms with Gasteiger partial charge in [-0.2, -0.15) is 8.42 Å². The van der Waals surface area contributed by atoms with Crippen LogP contribution in [0.25, 0.3) is 0 Å². The van der Waals surface area contributed by atoms with Crippen LogP contribution in [0.2, 0.25) is 0 Å². The van der Waals surface area contributed by atoms with Crippen molar-refractivity contribution in [1.29, 1.82) is 0 Å². The van der Waals surface area contributed by atoms with Crippen molar-refractivity contribution in [3.8, 4) is 5.75 Å². The van der Waals surface area contributed by atoms with E-state index in [1.165, 1.54) is 12.1 Å². The Balaban J connectivity index is 2.95. The molecule has 1 aromatic rings. The number of rotatable bonds is 3. The van der Waals surface area contributed by atoms with E-state index >= 15 is 0 Å². The Morgan fingerprint density at radius 1 is 1.43 bits per heavy atom. The Bertz CT molecular complexity index is 409. The lowest BCUT2D eigenvalue weighted by Gasteiger charge is -2.07. The molecule has 0 saturated heterocycles. The lowest BCUT2D eigenvalue weighted by atomic mass is 10.1. The summed E-state index contributed by atoms with van der Waals surface area (Å²) in [7, 11) is -3.50. The van der Waals surface area contributed by atoms with E-state index in [9.17, 15) is 13.5 Å². The molecule has 0 saturated carbocycles. The molecule has 1 rings (SSSR count). The molecule has 1 aromatic carbocycles. The Hall–Kier alpha value is -1.07. The van der Waals surface area contributed by atoms with Crippen LogP contribution in [-0.4, -0.2) is 19.8 Å². The zero-order valence-corrected chi connectivity index (χ0v) is 8.78. The molecule has 4 nitrogen and oxygen atoms in total. The monoisotopic (exact) mass is 216 g/mol. The van der Waals surface area contributed by atoms with Crippen molar-refractivity contribution in [3.05, 3.63) is 29.8 Å². The molecular weight excluding hydrogens is 204 g/mol. The Morgan fingerprint density at radius 3 is 2.57 bits per heavy atom. The summed E-state index contributed by atoms with van der Waals surface area (Å²) in [5.74, 6) is 0.214. The van der Waals surface area contributed by atoms with Crippen molar-refractivity contribution in [3.63, 3.8) is 0 Å². The SMILES string of the molecule is CC(O)c1cccc(OS(C)(=O)=O)c1. The number of hydrogen-bond acceptors (Lipinski definition) is 4. The summed E-state index contributed by atoms with van der Waals surface area (Å²) in [6, 6.07) is 6.33. The summed E-state index contributed by atoms with van der Waals surface area (Å²) >= 11 is 0. The first-order valence-corrected chi connectivity index (χ1v) is 5.87. The lowest BCUT2D eigenvalue weighted by Crippen LogP contribution is -2.06. The van der Waals surface area contributed by atoms with Gasteiger partial charge in [0.25, 0.3) is 0 Å². The number of aliphatic hydroxyl groups is 1. The molecule has 0 bridgehead atoms. The topological polar surface area (TPSA) is 63.6 Å². The molecule has 0 amide bonds. The van der Waals surface area contributed by atoms with Gasteiger partial charge < -0.3 is 9.29 Å². The Labute approximate surface area is 83.3 Å². The van der Waals surface area contributed by atoms with Gasteiger partial charge in [0.15, 0.2) is 0 Å². The summed E-state index contributed by atoms with van der Waals surface area (Å²) in [5.41, 5.74) is 0.617. The minimum Gasteiger partial charge on any atom is -0.389 e. The lowest BCUT2D eigenvalue weighted by molar-refractivity contribution is 0.199. The van der Waals surface area contributed by atoms with Crippen LogP contribution < -0.4 is 4.18 Å². The van der Waals surface area contributed by atoms with Crippen LogP contribution in [-0.2, 0) is 10.1 Å². The highest BCUT2D eigenvalue weighted by Gasteiger charge is 2.06. The molecule has 1 atom stereocenters. The van der Waals surface area contributed by atoms with Gasteiger partial charge in [0, 0.05) is 0 Å². The van der Waals surface area contributed by atoms with Crippen molar-refractivity contribution in [2.45, 2.75) is 13.0 Å². The Morgan fingerprint density at radius 2 is 2.07 bits per heavy atom. The van der Waals surface area contributed by atoms with E-state index in [4.69, 9.17) is 0 Å². The van der Waals surface area contributed by atoms with E-state index in [-0.39, 0.29) is 5.75 Å². The van der Waals surface area contributed by atoms with Gasteiger partial charge in [-0.05, 0) is 24.6 Å². The molecule has 0 aliphatic carbocycles. The number of aliphatic hydroxyl groups excluding tert-OH is 1. The minimum absolute atomic E-state index is 0.214. The van der Waals surface area contributed by atoms with E-state index in [0.29, 0.717) is 5.56 Å². The molecule has 0 radical (unpaired) electrons. The van der Waals surface area contributed by atoms with Gasteiger partial charge >= 0.3 is 10.1 Å². The van der Waals surface area contributed by atoms with Crippen molar-refractivity contribution in [1.82, 2.24) is 0 Å². The van der Waals surface area contributed by atoms with Gasteiger partial charge in [-0.1, -0.05) is 12.1 Å². The van der Waals surface area contributed by atoms with Crippen LogP contribution in [0.5, 0.6) is 5.75 Å². The summed E-state index contributed by atoms with van der Waals surface area (Å²) < 4.78 is 26.2. The maximum Gasteiger partial charge on any atom is 0.306 e. The first-order valence-electron chi connectivity index (χ1n) is 4.06. The van der Waals surface area contributed by atoms with Crippen LogP contribution in [0.15, 0.2) is 24.3 Å². The van der Waals surface area contributed by atoms with Gasteiger partial charge in [-0.15, -0.1) is 0 Å². The molecule has 0 heterocycles. The molecule has 0 fully saturated rings. The van der Waals surface area contributed by atoms with E-state index in [2.05, 4.69) is 4.18 Å². The molecule has 0 aliphatic rings. The standard InChI is InChI=1S/C9H12O4S/c1-7(10)8-4-3-5-9(6-8)13-14(2,11)12/h3-7,10H,1-2H3. The van der Waals surface area contributed by atoms with Gasteiger partial charge in [0.1, 0.15) is 5.75 Å². The largest absolute Gasteiger partial charge is 0.389 e. The predicted molar refractivity (Wildman–Crippen MR) is 52.5 cm³/mol. The third-order valence-corrected chi connectivity index (χ3v) is 2.08. The van der Waals surface area contributed by atoms with E-state index in [0.717, 1.165) is 6.26 Å². The number of benzene rings is 1. The second-order valence-electron chi connectivity index (χ2n) is 3.04. The quantitative estimate of drug-likeness (QED) is 0.768. The van der Waals surface area contributed by atoms with Crippen molar-refractivity contribution >= 4 is 10.1 Å². The van der Waals surface area contributed by atoms with Gasteiger partial charge in [0.05, 0.1) is 12.4 Å². The molecule has 14 heavy (non-hydrogen) atoms. The van der Waals surface area contributed by atoms with E-state index in [1.807, 2.05) is 0 Å². The highest BCUT2D eigenvalue weighted by atomic mass is 32.2. The fourth-order valence-corrected chi connectivity index (χ4v) is 1.45. The van der Waals surface area contributed by atoms with Crippen LogP contribution >= 0.6 is 0 Å². The molecule has 1 unspecified atom stereocenters. The number of hydrogen-bond donors (Lipinski definition) is 1. The summed E-state index contributed by atoms with van der Waals surface area (Å²) in [5, 5.41) is 9.24. The van der Waals surface area contributed by atoms with E-state index in [1.54, 1.807) is 19.1 Å². The second-order valence-corrected chi connectivity index (χ2v) is 4.61. The third-order valence-electron chi connectivity index (χ3n) is 1.59. The zero-order chi connectivity index (χ0) is 10.8. The minimum atomic E-state index is -3.50. The van der Waals surface area contributed by atoms with Gasteiger partial charge in [-0.25, -0.2) is 0 Å². The van der Waals surface area contributed by atoms with Crippen molar-refractivity contribution in [2.75, 3.05) is 6.26 Å². The van der Waals surface area contributed by atoms with Gasteiger partial charge in [0.2, 0.25) is 0 Å².